The van der Waals surface area contributed by atoms with Crippen molar-refractivity contribution in [1.29, 1.82) is 0 Å². The van der Waals surface area contributed by atoms with Crippen LogP contribution in [0.25, 0.3) is 39.2 Å². The van der Waals surface area contributed by atoms with Gasteiger partial charge in [0.05, 0.1) is 11.0 Å². The summed E-state index contributed by atoms with van der Waals surface area (Å²) in [7, 11) is 0. The number of nitrogens with two attached hydrogens (primary N) is 1. The zero-order valence-electron chi connectivity index (χ0n) is 24.5. The van der Waals surface area contributed by atoms with Crippen LogP contribution in [0, 0.1) is 0 Å². The van der Waals surface area contributed by atoms with Crippen molar-refractivity contribution in [3.05, 3.63) is 103 Å². The summed E-state index contributed by atoms with van der Waals surface area (Å²) in [4.78, 5) is 30.4. The summed E-state index contributed by atoms with van der Waals surface area (Å²) in [5.74, 6) is 2.78. The average molecular weight is 583 g/mol. The zero-order chi connectivity index (χ0) is 29.6. The molecule has 1 amide bonds. The highest BCUT2D eigenvalue weighted by Crippen LogP contribution is 2.42. The van der Waals surface area contributed by atoms with Gasteiger partial charge >= 0.3 is 0 Å². The number of carbonyl (C=O) groups is 1. The Kier molecular flexibility index (Phi) is 6.60. The topological polar surface area (TPSA) is 97.6 Å². The van der Waals surface area contributed by atoms with Crippen LogP contribution in [0.15, 0.2) is 91.3 Å². The third kappa shape index (κ3) is 4.60. The standard InChI is InChI=1S/C35H34N8O/c36-33-32-31(39-35(42(32)14-13-37-33)27-19-28(20-27)41-17-15-40(23-44)16-18-41)26-11-12-30-29(21-26)38-34(25-9-5-2-6-10-25)43(30)22-24-7-3-1-4-8-24/h1-14,21,23,27-28H,15-20,22H2,(H2,36,37). The molecule has 1 aliphatic carbocycles. The van der Waals surface area contributed by atoms with Gasteiger partial charge in [-0.05, 0) is 30.5 Å². The summed E-state index contributed by atoms with van der Waals surface area (Å²) >= 11 is 0. The van der Waals surface area contributed by atoms with Gasteiger partial charge in [0.1, 0.15) is 28.7 Å². The van der Waals surface area contributed by atoms with Crippen molar-refractivity contribution in [3.63, 3.8) is 0 Å². The Labute approximate surface area is 255 Å². The second-order valence-electron chi connectivity index (χ2n) is 11.9. The molecule has 0 radical (unpaired) electrons. The van der Waals surface area contributed by atoms with Crippen LogP contribution in [0.3, 0.4) is 0 Å². The molecule has 0 atom stereocenters. The lowest BCUT2D eigenvalue weighted by Crippen LogP contribution is -2.53. The summed E-state index contributed by atoms with van der Waals surface area (Å²) in [5.41, 5.74) is 13.5. The Balaban J connectivity index is 1.16. The average Bonchev–Trinajstić information content (AvgIpc) is 3.61. The molecule has 1 saturated heterocycles. The van der Waals surface area contributed by atoms with E-state index >= 15 is 0 Å². The Morgan fingerprint density at radius 2 is 1.61 bits per heavy atom. The van der Waals surface area contributed by atoms with E-state index in [0.29, 0.717) is 17.8 Å². The number of aromatic nitrogens is 5. The molecule has 2 N–H and O–H groups in total. The minimum Gasteiger partial charge on any atom is -0.382 e. The highest BCUT2D eigenvalue weighted by molar-refractivity contribution is 5.91. The molecule has 3 aromatic carbocycles. The summed E-state index contributed by atoms with van der Waals surface area (Å²) in [6.07, 6.45) is 6.79. The highest BCUT2D eigenvalue weighted by atomic mass is 16.1. The van der Waals surface area contributed by atoms with Gasteiger partial charge in [0.2, 0.25) is 6.41 Å². The smallest absolute Gasteiger partial charge is 0.209 e. The first-order valence-electron chi connectivity index (χ1n) is 15.3. The van der Waals surface area contributed by atoms with E-state index in [1.807, 2.05) is 23.2 Å². The van der Waals surface area contributed by atoms with E-state index in [2.05, 4.69) is 85.6 Å². The Morgan fingerprint density at radius 3 is 2.36 bits per heavy atom. The summed E-state index contributed by atoms with van der Waals surface area (Å²) in [6.45, 7) is 4.20. The molecule has 8 rings (SSSR count). The number of hydrogen-bond acceptors (Lipinski definition) is 6. The number of nitrogens with zero attached hydrogens (tertiary/aromatic N) is 7. The number of benzene rings is 3. The lowest BCUT2D eigenvalue weighted by molar-refractivity contribution is -0.120. The number of nitrogen functional groups attached to an aromatic ring is 1. The summed E-state index contributed by atoms with van der Waals surface area (Å²) in [5, 5.41) is 0. The van der Waals surface area contributed by atoms with Crippen LogP contribution in [0.2, 0.25) is 0 Å². The number of hydrogen-bond donors (Lipinski definition) is 1. The highest BCUT2D eigenvalue weighted by Gasteiger charge is 2.38. The molecule has 9 heteroatoms. The molecular weight excluding hydrogens is 548 g/mol. The van der Waals surface area contributed by atoms with Gasteiger partial charge in [0.25, 0.3) is 0 Å². The molecule has 9 nitrogen and oxygen atoms in total. The van der Waals surface area contributed by atoms with Crippen LogP contribution in [-0.4, -0.2) is 72.4 Å². The molecular formula is C35H34N8O. The lowest BCUT2D eigenvalue weighted by atomic mass is 9.78. The van der Waals surface area contributed by atoms with Gasteiger partial charge < -0.3 is 15.2 Å². The first-order chi connectivity index (χ1) is 21.7. The molecule has 2 fully saturated rings. The van der Waals surface area contributed by atoms with Gasteiger partial charge in [-0.1, -0.05) is 66.7 Å². The largest absolute Gasteiger partial charge is 0.382 e. The minimum absolute atomic E-state index is 0.339. The fourth-order valence-electron chi connectivity index (χ4n) is 6.89. The molecule has 1 aliphatic heterocycles. The molecule has 2 aliphatic rings. The first-order valence-corrected chi connectivity index (χ1v) is 15.3. The predicted octanol–water partition coefficient (Wildman–Crippen LogP) is 5.06. The number of amides is 1. The van der Waals surface area contributed by atoms with Gasteiger partial charge in [-0.25, -0.2) is 15.0 Å². The van der Waals surface area contributed by atoms with Gasteiger partial charge in [0, 0.05) is 68.2 Å². The van der Waals surface area contributed by atoms with Crippen LogP contribution < -0.4 is 5.73 Å². The predicted molar refractivity (Wildman–Crippen MR) is 172 cm³/mol. The Hall–Kier alpha value is -5.02. The number of piperazine rings is 1. The van der Waals surface area contributed by atoms with Crippen LogP contribution in [0.4, 0.5) is 5.82 Å². The molecule has 1 saturated carbocycles. The van der Waals surface area contributed by atoms with Crippen molar-refractivity contribution in [2.45, 2.75) is 31.3 Å². The first kappa shape index (κ1) is 26.6. The van der Waals surface area contributed by atoms with Gasteiger partial charge in [-0.15, -0.1) is 0 Å². The number of rotatable bonds is 7. The van der Waals surface area contributed by atoms with Crippen LogP contribution in [0.1, 0.15) is 30.1 Å². The van der Waals surface area contributed by atoms with E-state index in [-0.39, 0.29) is 0 Å². The second-order valence-corrected chi connectivity index (χ2v) is 11.9. The maximum atomic E-state index is 11.1. The van der Waals surface area contributed by atoms with Crippen molar-refractivity contribution in [3.8, 4) is 22.6 Å². The van der Waals surface area contributed by atoms with Gasteiger partial charge in [0.15, 0.2) is 0 Å². The number of imidazole rings is 2. The SMILES string of the molecule is Nc1nccn2c(C3CC(N4CCN(C=O)CC4)C3)nc(-c3ccc4c(c3)nc(-c3ccccc3)n4Cc3ccccc3)c12. The molecule has 44 heavy (non-hydrogen) atoms. The van der Waals surface area contributed by atoms with E-state index < -0.39 is 0 Å². The molecule has 0 bridgehead atoms. The minimum atomic E-state index is 0.339. The monoisotopic (exact) mass is 582 g/mol. The van der Waals surface area contributed by atoms with Gasteiger partial charge in [-0.2, -0.15) is 0 Å². The van der Waals surface area contributed by atoms with Crippen LogP contribution in [-0.2, 0) is 11.3 Å². The number of carbonyl (C=O) groups excluding carboxylic acids is 1. The summed E-state index contributed by atoms with van der Waals surface area (Å²) < 4.78 is 4.43. The Bertz CT molecular complexity index is 1950. The second kappa shape index (κ2) is 10.9. The van der Waals surface area contributed by atoms with E-state index in [9.17, 15) is 4.79 Å². The van der Waals surface area contributed by atoms with E-state index in [1.165, 1.54) is 5.56 Å². The molecule has 4 heterocycles. The molecule has 3 aromatic heterocycles. The van der Waals surface area contributed by atoms with Crippen LogP contribution >= 0.6 is 0 Å². The van der Waals surface area contributed by atoms with E-state index in [0.717, 1.165) is 97.0 Å². The third-order valence-corrected chi connectivity index (χ3v) is 9.34. The maximum absolute atomic E-state index is 11.1. The molecule has 0 spiro atoms. The lowest BCUT2D eigenvalue weighted by Gasteiger charge is -2.45. The quantitative estimate of drug-likeness (QED) is 0.264. The van der Waals surface area contributed by atoms with Crippen LogP contribution in [0.5, 0.6) is 0 Å². The third-order valence-electron chi connectivity index (χ3n) is 9.34. The Morgan fingerprint density at radius 1 is 0.864 bits per heavy atom. The van der Waals surface area contributed by atoms with Crippen molar-refractivity contribution < 1.29 is 4.79 Å². The number of anilines is 1. The maximum Gasteiger partial charge on any atom is 0.209 e. The van der Waals surface area contributed by atoms with Crippen molar-refractivity contribution >= 4 is 28.8 Å². The summed E-state index contributed by atoms with van der Waals surface area (Å²) in [6, 6.07) is 27.8. The zero-order valence-corrected chi connectivity index (χ0v) is 24.5. The number of fused-ring (bicyclic) bond motifs is 2. The fourth-order valence-corrected chi connectivity index (χ4v) is 6.89. The molecule has 6 aromatic rings. The fraction of sp³-hybridized carbons (Fsp3) is 0.257. The normalized spacial score (nSPS) is 19.0. The van der Waals surface area contributed by atoms with Crippen molar-refractivity contribution in [2.24, 2.45) is 0 Å². The van der Waals surface area contributed by atoms with Crippen molar-refractivity contribution in [1.82, 2.24) is 33.7 Å². The molecule has 0 unspecified atom stereocenters. The molecule has 220 valence electrons. The van der Waals surface area contributed by atoms with Gasteiger partial charge in [-0.3, -0.25) is 14.1 Å². The van der Waals surface area contributed by atoms with E-state index in [4.69, 9.17) is 15.7 Å². The van der Waals surface area contributed by atoms with Crippen molar-refractivity contribution in [2.75, 3.05) is 31.9 Å². The van der Waals surface area contributed by atoms with E-state index in [1.54, 1.807) is 6.20 Å².